The molecule has 0 bridgehead atoms. The van der Waals surface area contributed by atoms with Crippen molar-refractivity contribution in [3.8, 4) is 0 Å². The highest BCUT2D eigenvalue weighted by Gasteiger charge is 2.32. The maximum Gasteiger partial charge on any atom is 0.0135 e. The van der Waals surface area contributed by atoms with Crippen molar-refractivity contribution in [3.05, 3.63) is 29.8 Å². The molecule has 1 aromatic carbocycles. The lowest BCUT2D eigenvalue weighted by Crippen LogP contribution is -2.29. The third kappa shape index (κ3) is 3.10. The van der Waals surface area contributed by atoms with Gasteiger partial charge in [-0.2, -0.15) is 0 Å². The molecule has 2 rings (SSSR count). The van der Waals surface area contributed by atoms with Gasteiger partial charge in [-0.05, 0) is 49.4 Å². The van der Waals surface area contributed by atoms with Gasteiger partial charge in [-0.25, -0.2) is 0 Å². The second kappa shape index (κ2) is 6.12. The van der Waals surface area contributed by atoms with Crippen molar-refractivity contribution < 1.29 is 0 Å². The molecule has 3 unspecified atom stereocenters. The minimum absolute atomic E-state index is 0.628. The summed E-state index contributed by atoms with van der Waals surface area (Å²) < 4.78 is 0. The quantitative estimate of drug-likeness (QED) is 0.870. The summed E-state index contributed by atoms with van der Waals surface area (Å²) in [5.74, 6) is 1.40. The van der Waals surface area contributed by atoms with Gasteiger partial charge in [0.1, 0.15) is 0 Å². The van der Waals surface area contributed by atoms with E-state index in [0.717, 1.165) is 11.2 Å². The SMILES string of the molecule is CNC1CCC(Sc2ccc(C(C)C)cc2)C1C. The Labute approximate surface area is 116 Å². The maximum atomic E-state index is 3.44. The Morgan fingerprint density at radius 1 is 1.17 bits per heavy atom. The van der Waals surface area contributed by atoms with Crippen LogP contribution in [0.15, 0.2) is 29.2 Å². The lowest BCUT2D eigenvalue weighted by atomic mass is 10.0. The highest BCUT2D eigenvalue weighted by molar-refractivity contribution is 8.00. The van der Waals surface area contributed by atoms with E-state index in [4.69, 9.17) is 0 Å². The summed E-state index contributed by atoms with van der Waals surface area (Å²) >= 11 is 2.06. The molecule has 1 aliphatic carbocycles. The first-order valence-electron chi connectivity index (χ1n) is 7.05. The molecule has 1 saturated carbocycles. The lowest BCUT2D eigenvalue weighted by Gasteiger charge is -2.20. The van der Waals surface area contributed by atoms with Crippen LogP contribution in [0.3, 0.4) is 0 Å². The first-order valence-corrected chi connectivity index (χ1v) is 7.93. The molecular formula is C16H25NS. The number of hydrogen-bond acceptors (Lipinski definition) is 2. The van der Waals surface area contributed by atoms with Gasteiger partial charge in [0.2, 0.25) is 0 Å². The third-order valence-electron chi connectivity index (χ3n) is 4.19. The smallest absolute Gasteiger partial charge is 0.0135 e. The van der Waals surface area contributed by atoms with Crippen LogP contribution >= 0.6 is 11.8 Å². The Kier molecular flexibility index (Phi) is 4.74. The van der Waals surface area contributed by atoms with E-state index < -0.39 is 0 Å². The molecular weight excluding hydrogens is 238 g/mol. The van der Waals surface area contributed by atoms with Crippen LogP contribution in [0.4, 0.5) is 0 Å². The van der Waals surface area contributed by atoms with E-state index in [1.54, 1.807) is 0 Å². The van der Waals surface area contributed by atoms with Crippen LogP contribution in [-0.2, 0) is 0 Å². The van der Waals surface area contributed by atoms with Crippen molar-refractivity contribution in [2.24, 2.45) is 5.92 Å². The second-order valence-electron chi connectivity index (χ2n) is 5.71. The van der Waals surface area contributed by atoms with Gasteiger partial charge in [-0.15, -0.1) is 11.8 Å². The predicted octanol–water partition coefficient (Wildman–Crippen LogP) is 4.29. The molecule has 0 aliphatic heterocycles. The minimum Gasteiger partial charge on any atom is -0.317 e. The molecule has 0 saturated heterocycles. The number of benzene rings is 1. The molecule has 0 amide bonds. The molecule has 1 aromatic rings. The van der Waals surface area contributed by atoms with E-state index in [1.807, 2.05) is 0 Å². The molecule has 1 nitrogen and oxygen atoms in total. The molecule has 0 aromatic heterocycles. The third-order valence-corrected chi connectivity index (χ3v) is 5.70. The molecule has 100 valence electrons. The molecule has 1 N–H and O–H groups in total. The van der Waals surface area contributed by atoms with E-state index in [-0.39, 0.29) is 0 Å². The van der Waals surface area contributed by atoms with Crippen molar-refractivity contribution in [1.82, 2.24) is 5.32 Å². The number of thioether (sulfide) groups is 1. The fraction of sp³-hybridized carbons (Fsp3) is 0.625. The fourth-order valence-electron chi connectivity index (χ4n) is 2.81. The molecule has 0 radical (unpaired) electrons. The van der Waals surface area contributed by atoms with Gasteiger partial charge >= 0.3 is 0 Å². The minimum atomic E-state index is 0.628. The highest BCUT2D eigenvalue weighted by atomic mass is 32.2. The highest BCUT2D eigenvalue weighted by Crippen LogP contribution is 2.39. The summed E-state index contributed by atoms with van der Waals surface area (Å²) in [6, 6.07) is 9.85. The molecule has 2 heteroatoms. The Bertz CT molecular complexity index is 371. The van der Waals surface area contributed by atoms with Gasteiger partial charge in [0.05, 0.1) is 0 Å². The standard InChI is InChI=1S/C16H25NS/c1-11(2)13-5-7-14(8-6-13)18-16-10-9-15(17-4)12(16)3/h5-8,11-12,15-17H,9-10H2,1-4H3. The molecule has 0 heterocycles. The van der Waals surface area contributed by atoms with Crippen LogP contribution in [0, 0.1) is 5.92 Å². The van der Waals surface area contributed by atoms with Crippen molar-refractivity contribution >= 4 is 11.8 Å². The first kappa shape index (κ1) is 14.0. The normalized spacial score (nSPS) is 27.9. The topological polar surface area (TPSA) is 12.0 Å². The maximum absolute atomic E-state index is 3.44. The second-order valence-corrected chi connectivity index (χ2v) is 7.02. The van der Waals surface area contributed by atoms with Crippen LogP contribution < -0.4 is 5.32 Å². The Morgan fingerprint density at radius 3 is 2.33 bits per heavy atom. The zero-order valence-corrected chi connectivity index (χ0v) is 12.8. The van der Waals surface area contributed by atoms with Crippen LogP contribution in [0.25, 0.3) is 0 Å². The van der Waals surface area contributed by atoms with Crippen molar-refractivity contribution in [3.63, 3.8) is 0 Å². The van der Waals surface area contributed by atoms with Gasteiger partial charge in [0.25, 0.3) is 0 Å². The van der Waals surface area contributed by atoms with Crippen LogP contribution in [0.1, 0.15) is 45.1 Å². The van der Waals surface area contributed by atoms with Gasteiger partial charge in [0.15, 0.2) is 0 Å². The summed E-state index contributed by atoms with van der Waals surface area (Å²) in [6.45, 7) is 6.88. The molecule has 0 spiro atoms. The summed E-state index contributed by atoms with van der Waals surface area (Å²) in [6.07, 6.45) is 2.66. The monoisotopic (exact) mass is 263 g/mol. The Balaban J connectivity index is 1.98. The largest absolute Gasteiger partial charge is 0.317 e. The molecule has 3 atom stereocenters. The summed E-state index contributed by atoms with van der Waals surface area (Å²) in [4.78, 5) is 1.42. The van der Waals surface area contributed by atoms with Crippen LogP contribution in [0.2, 0.25) is 0 Å². The van der Waals surface area contributed by atoms with Gasteiger partial charge in [-0.3, -0.25) is 0 Å². The van der Waals surface area contributed by atoms with E-state index in [9.17, 15) is 0 Å². The van der Waals surface area contributed by atoms with E-state index in [1.165, 1.54) is 23.3 Å². The molecule has 1 aliphatic rings. The average Bonchev–Trinajstić information content (AvgIpc) is 2.71. The Hall–Kier alpha value is -0.470. The molecule has 18 heavy (non-hydrogen) atoms. The molecule has 1 fully saturated rings. The number of nitrogens with one attached hydrogen (secondary N) is 1. The Morgan fingerprint density at radius 2 is 1.83 bits per heavy atom. The fourth-order valence-corrected chi connectivity index (χ4v) is 4.11. The lowest BCUT2D eigenvalue weighted by molar-refractivity contribution is 0.464. The van der Waals surface area contributed by atoms with Crippen molar-refractivity contribution in [2.45, 2.75) is 55.7 Å². The van der Waals surface area contributed by atoms with Gasteiger partial charge in [0, 0.05) is 16.2 Å². The first-order chi connectivity index (χ1) is 8.61. The van der Waals surface area contributed by atoms with Gasteiger partial charge < -0.3 is 5.32 Å². The summed E-state index contributed by atoms with van der Waals surface area (Å²) in [5, 5.41) is 4.21. The van der Waals surface area contributed by atoms with E-state index in [0.29, 0.717) is 12.0 Å². The van der Waals surface area contributed by atoms with E-state index in [2.05, 4.69) is 69.2 Å². The zero-order valence-electron chi connectivity index (χ0n) is 11.9. The van der Waals surface area contributed by atoms with Crippen LogP contribution in [0.5, 0.6) is 0 Å². The number of rotatable bonds is 4. The zero-order chi connectivity index (χ0) is 13.1. The average molecular weight is 263 g/mol. The van der Waals surface area contributed by atoms with Crippen molar-refractivity contribution in [2.75, 3.05) is 7.05 Å². The van der Waals surface area contributed by atoms with Gasteiger partial charge in [-0.1, -0.05) is 32.9 Å². The summed E-state index contributed by atoms with van der Waals surface area (Å²) in [5.41, 5.74) is 1.44. The predicted molar refractivity (Wildman–Crippen MR) is 81.4 cm³/mol. The summed E-state index contributed by atoms with van der Waals surface area (Å²) in [7, 11) is 2.09. The van der Waals surface area contributed by atoms with E-state index >= 15 is 0 Å². The number of hydrogen-bond donors (Lipinski definition) is 1. The van der Waals surface area contributed by atoms with Crippen LogP contribution in [-0.4, -0.2) is 18.3 Å². The van der Waals surface area contributed by atoms with Crippen molar-refractivity contribution in [1.29, 1.82) is 0 Å².